The fourth-order valence-corrected chi connectivity index (χ4v) is 2.53. The van der Waals surface area contributed by atoms with Crippen LogP contribution in [-0.2, 0) is 15.7 Å². The summed E-state index contributed by atoms with van der Waals surface area (Å²) in [5.41, 5.74) is -0.613. The zero-order chi connectivity index (χ0) is 20.9. The number of hydrogen-bond acceptors (Lipinski definition) is 4. The fraction of sp³-hybridized carbons (Fsp3) is 0.0952. The van der Waals surface area contributed by atoms with E-state index in [0.717, 1.165) is 12.1 Å². The van der Waals surface area contributed by atoms with Gasteiger partial charge in [-0.05, 0) is 30.3 Å². The van der Waals surface area contributed by atoms with Crippen molar-refractivity contribution in [2.45, 2.75) is 12.3 Å². The number of carbonyl (C=O) groups excluding carboxylic acids is 2. The van der Waals surface area contributed by atoms with Gasteiger partial charge in [-0.25, -0.2) is 9.78 Å². The zero-order valence-corrected chi connectivity index (χ0v) is 14.9. The number of nitrogens with one attached hydrogen (secondary N) is 1. The molecule has 3 aromatic rings. The number of hydrogen-bond donors (Lipinski definition) is 1. The lowest BCUT2D eigenvalue weighted by molar-refractivity contribution is -0.137. The molecule has 0 saturated heterocycles. The number of rotatable bonds is 5. The first kappa shape index (κ1) is 20.1. The van der Waals surface area contributed by atoms with Crippen LogP contribution in [0.4, 0.5) is 18.9 Å². The van der Waals surface area contributed by atoms with Gasteiger partial charge in [0.25, 0.3) is 5.91 Å². The van der Waals surface area contributed by atoms with Gasteiger partial charge >= 0.3 is 12.1 Å². The van der Waals surface area contributed by atoms with Crippen LogP contribution < -0.4 is 5.32 Å². The molecule has 0 bridgehead atoms. The summed E-state index contributed by atoms with van der Waals surface area (Å²) in [6.45, 7) is 0. The Labute approximate surface area is 164 Å². The van der Waals surface area contributed by atoms with E-state index in [4.69, 9.17) is 4.74 Å². The molecule has 0 aliphatic carbocycles. The zero-order valence-electron chi connectivity index (χ0n) is 14.9. The van der Waals surface area contributed by atoms with Crippen molar-refractivity contribution in [1.29, 1.82) is 0 Å². The third-order valence-electron chi connectivity index (χ3n) is 3.90. The highest BCUT2D eigenvalue weighted by molar-refractivity contribution is 5.97. The minimum atomic E-state index is -4.55. The van der Waals surface area contributed by atoms with Crippen molar-refractivity contribution in [3.63, 3.8) is 0 Å². The molecule has 0 aliphatic heterocycles. The van der Waals surface area contributed by atoms with Crippen molar-refractivity contribution in [2.75, 3.05) is 5.32 Å². The lowest BCUT2D eigenvalue weighted by Crippen LogP contribution is -2.26. The summed E-state index contributed by atoms with van der Waals surface area (Å²) in [6, 6.07) is 17.0. The number of amides is 1. The van der Waals surface area contributed by atoms with E-state index in [0.29, 0.717) is 5.56 Å². The van der Waals surface area contributed by atoms with Crippen LogP contribution in [0.2, 0.25) is 0 Å². The number of pyridine rings is 1. The SMILES string of the molecule is O=C(OC(C(=O)Nc1cccc(C(F)(F)F)c1)c1ccccc1)c1ccccn1. The van der Waals surface area contributed by atoms with Gasteiger partial charge in [-0.15, -0.1) is 0 Å². The van der Waals surface area contributed by atoms with Crippen molar-refractivity contribution >= 4 is 17.6 Å². The van der Waals surface area contributed by atoms with E-state index in [1.165, 1.54) is 24.4 Å². The van der Waals surface area contributed by atoms with E-state index >= 15 is 0 Å². The molecule has 0 radical (unpaired) electrons. The first-order chi connectivity index (χ1) is 13.8. The van der Waals surface area contributed by atoms with Gasteiger partial charge in [0.15, 0.2) is 0 Å². The highest BCUT2D eigenvalue weighted by Crippen LogP contribution is 2.31. The summed E-state index contributed by atoms with van der Waals surface area (Å²) in [5, 5.41) is 2.37. The Morgan fingerprint density at radius 3 is 2.31 bits per heavy atom. The Bertz CT molecular complexity index is 993. The largest absolute Gasteiger partial charge is 0.443 e. The number of alkyl halides is 3. The summed E-state index contributed by atoms with van der Waals surface area (Å²) in [4.78, 5) is 29.0. The number of halogens is 3. The maximum absolute atomic E-state index is 12.9. The average molecular weight is 400 g/mol. The summed E-state index contributed by atoms with van der Waals surface area (Å²) in [7, 11) is 0. The van der Waals surface area contributed by atoms with Crippen molar-refractivity contribution in [3.05, 3.63) is 95.8 Å². The summed E-state index contributed by atoms with van der Waals surface area (Å²) < 4.78 is 44.0. The molecular formula is C21H15F3N2O3. The van der Waals surface area contributed by atoms with Crippen LogP contribution in [0.15, 0.2) is 79.0 Å². The van der Waals surface area contributed by atoms with E-state index in [-0.39, 0.29) is 11.4 Å². The summed E-state index contributed by atoms with van der Waals surface area (Å²) in [5.74, 6) is -1.63. The van der Waals surface area contributed by atoms with Gasteiger partial charge < -0.3 is 10.1 Å². The minimum absolute atomic E-state index is 0.000278. The first-order valence-corrected chi connectivity index (χ1v) is 8.49. The third kappa shape index (κ3) is 5.19. The van der Waals surface area contributed by atoms with E-state index in [1.807, 2.05) is 0 Å². The normalized spacial score (nSPS) is 12.1. The maximum atomic E-state index is 12.9. The van der Waals surface area contributed by atoms with E-state index in [9.17, 15) is 22.8 Å². The van der Waals surface area contributed by atoms with Crippen molar-refractivity contribution in [3.8, 4) is 0 Å². The minimum Gasteiger partial charge on any atom is -0.443 e. The number of esters is 1. The van der Waals surface area contributed by atoms with Gasteiger partial charge in [0, 0.05) is 17.4 Å². The molecule has 29 heavy (non-hydrogen) atoms. The predicted octanol–water partition coefficient (Wildman–Crippen LogP) is 4.64. The molecule has 2 aromatic carbocycles. The molecule has 5 nitrogen and oxygen atoms in total. The van der Waals surface area contributed by atoms with E-state index in [2.05, 4.69) is 10.3 Å². The van der Waals surface area contributed by atoms with Gasteiger partial charge in [0.1, 0.15) is 5.69 Å². The lowest BCUT2D eigenvalue weighted by Gasteiger charge is -2.18. The fourth-order valence-electron chi connectivity index (χ4n) is 2.53. The second kappa shape index (κ2) is 8.55. The van der Waals surface area contributed by atoms with Crippen LogP contribution in [0, 0.1) is 0 Å². The molecule has 1 amide bonds. The molecule has 148 valence electrons. The summed E-state index contributed by atoms with van der Waals surface area (Å²) in [6.07, 6.45) is -4.53. The van der Waals surface area contributed by atoms with Crippen LogP contribution in [0.25, 0.3) is 0 Å². The van der Waals surface area contributed by atoms with Gasteiger partial charge in [-0.2, -0.15) is 13.2 Å². The Balaban J connectivity index is 1.85. The Morgan fingerprint density at radius 1 is 0.931 bits per heavy atom. The van der Waals surface area contributed by atoms with Gasteiger partial charge in [0.2, 0.25) is 6.10 Å². The summed E-state index contributed by atoms with van der Waals surface area (Å²) >= 11 is 0. The molecule has 1 N–H and O–H groups in total. The number of anilines is 1. The second-order valence-corrected chi connectivity index (χ2v) is 5.98. The van der Waals surface area contributed by atoms with Crippen molar-refractivity contribution < 1.29 is 27.5 Å². The number of carbonyl (C=O) groups is 2. The maximum Gasteiger partial charge on any atom is 0.416 e. The van der Waals surface area contributed by atoms with Crippen LogP contribution in [0.5, 0.6) is 0 Å². The number of benzene rings is 2. The van der Waals surface area contributed by atoms with E-state index in [1.54, 1.807) is 42.5 Å². The monoisotopic (exact) mass is 400 g/mol. The van der Waals surface area contributed by atoms with Crippen LogP contribution in [-0.4, -0.2) is 16.9 Å². The highest BCUT2D eigenvalue weighted by Gasteiger charge is 2.31. The van der Waals surface area contributed by atoms with Crippen LogP contribution in [0.1, 0.15) is 27.7 Å². The molecule has 1 aromatic heterocycles. The molecule has 0 fully saturated rings. The molecule has 1 heterocycles. The molecule has 1 unspecified atom stereocenters. The van der Waals surface area contributed by atoms with Crippen LogP contribution >= 0.6 is 0 Å². The molecule has 8 heteroatoms. The number of ether oxygens (including phenoxy) is 1. The molecule has 1 atom stereocenters. The molecule has 0 saturated carbocycles. The molecular weight excluding hydrogens is 385 g/mol. The Morgan fingerprint density at radius 2 is 1.66 bits per heavy atom. The third-order valence-corrected chi connectivity index (χ3v) is 3.90. The molecule has 0 aliphatic rings. The lowest BCUT2D eigenvalue weighted by atomic mass is 10.1. The second-order valence-electron chi connectivity index (χ2n) is 5.98. The number of aromatic nitrogens is 1. The van der Waals surface area contributed by atoms with Gasteiger partial charge in [-0.3, -0.25) is 4.79 Å². The molecule has 0 spiro atoms. The first-order valence-electron chi connectivity index (χ1n) is 8.49. The topological polar surface area (TPSA) is 68.3 Å². The predicted molar refractivity (Wildman–Crippen MR) is 98.9 cm³/mol. The smallest absolute Gasteiger partial charge is 0.416 e. The van der Waals surface area contributed by atoms with Gasteiger partial charge in [0.05, 0.1) is 5.56 Å². The van der Waals surface area contributed by atoms with Crippen molar-refractivity contribution in [1.82, 2.24) is 4.98 Å². The van der Waals surface area contributed by atoms with Gasteiger partial charge in [-0.1, -0.05) is 42.5 Å². The average Bonchev–Trinajstić information content (AvgIpc) is 2.72. The Kier molecular flexibility index (Phi) is 5.92. The highest BCUT2D eigenvalue weighted by atomic mass is 19.4. The van der Waals surface area contributed by atoms with Crippen LogP contribution in [0.3, 0.4) is 0 Å². The van der Waals surface area contributed by atoms with Crippen molar-refractivity contribution in [2.24, 2.45) is 0 Å². The quantitative estimate of drug-likeness (QED) is 0.634. The molecule has 3 rings (SSSR count). The standard InChI is InChI=1S/C21H15F3N2O3/c22-21(23,24)15-9-6-10-16(13-15)26-19(27)18(14-7-2-1-3-8-14)29-20(28)17-11-4-5-12-25-17/h1-13,18H,(H,26,27). The van der Waals surface area contributed by atoms with E-state index < -0.39 is 29.7 Å². The number of nitrogens with zero attached hydrogens (tertiary/aromatic N) is 1. The Hall–Kier alpha value is -3.68.